The summed E-state index contributed by atoms with van der Waals surface area (Å²) in [5, 5.41) is 13.9. The second kappa shape index (κ2) is 7.99. The third-order valence-electron chi connectivity index (χ3n) is 5.95. The van der Waals surface area contributed by atoms with Gasteiger partial charge in [0.2, 0.25) is 5.91 Å². The molecule has 1 amide bonds. The highest BCUT2D eigenvalue weighted by Crippen LogP contribution is 2.30. The number of H-pyrrole nitrogens is 1. The Morgan fingerprint density at radius 2 is 2.14 bits per heavy atom. The Bertz CT molecular complexity index is 1020. The van der Waals surface area contributed by atoms with Crippen molar-refractivity contribution in [3.8, 4) is 0 Å². The Morgan fingerprint density at radius 1 is 1.31 bits per heavy atom. The highest BCUT2D eigenvalue weighted by molar-refractivity contribution is 5.80. The van der Waals surface area contributed by atoms with Gasteiger partial charge in [-0.3, -0.25) is 4.79 Å². The normalized spacial score (nSPS) is 22.1. The van der Waals surface area contributed by atoms with Gasteiger partial charge in [0.05, 0.1) is 29.2 Å². The van der Waals surface area contributed by atoms with E-state index in [9.17, 15) is 9.90 Å². The van der Waals surface area contributed by atoms with Crippen molar-refractivity contribution in [3.63, 3.8) is 0 Å². The summed E-state index contributed by atoms with van der Waals surface area (Å²) in [5.41, 5.74) is 4.31. The van der Waals surface area contributed by atoms with Crippen molar-refractivity contribution in [2.24, 2.45) is 0 Å². The van der Waals surface area contributed by atoms with Gasteiger partial charge in [0, 0.05) is 25.2 Å². The molecule has 1 saturated carbocycles. The summed E-state index contributed by atoms with van der Waals surface area (Å²) in [5.74, 6) is 1.65. The molecule has 0 aliphatic heterocycles. The summed E-state index contributed by atoms with van der Waals surface area (Å²) in [7, 11) is 0. The number of carbonyl (C=O) groups is 1. The minimum Gasteiger partial charge on any atom is -0.389 e. The number of benzene rings is 1. The molecule has 1 aromatic carbocycles. The summed E-state index contributed by atoms with van der Waals surface area (Å²) in [6.45, 7) is 6.05. The molecule has 7 nitrogen and oxygen atoms in total. The summed E-state index contributed by atoms with van der Waals surface area (Å²) >= 11 is 0. The number of aliphatic hydroxyl groups is 1. The second-order valence-corrected chi connectivity index (χ2v) is 8.21. The van der Waals surface area contributed by atoms with E-state index in [0.717, 1.165) is 47.5 Å². The summed E-state index contributed by atoms with van der Waals surface area (Å²) in [6.07, 6.45) is 6.58. The van der Waals surface area contributed by atoms with Crippen LogP contribution in [0.4, 0.5) is 0 Å². The maximum absolute atomic E-state index is 12.5. The van der Waals surface area contributed by atoms with Crippen molar-refractivity contribution in [1.29, 1.82) is 0 Å². The molecule has 2 heterocycles. The number of carbonyl (C=O) groups excluding carboxylic acids is 1. The highest BCUT2D eigenvalue weighted by atomic mass is 16.3. The van der Waals surface area contributed by atoms with Crippen molar-refractivity contribution in [2.45, 2.75) is 71.1 Å². The maximum Gasteiger partial charge on any atom is 0.220 e. The average Bonchev–Trinajstić information content (AvgIpc) is 3.28. The Hall–Kier alpha value is -2.67. The molecule has 0 unspecified atom stereocenters. The monoisotopic (exact) mass is 395 g/mol. The fourth-order valence-electron chi connectivity index (χ4n) is 4.51. The van der Waals surface area contributed by atoms with Gasteiger partial charge in [-0.05, 0) is 57.2 Å². The Kier molecular flexibility index (Phi) is 5.41. The number of fused-ring (bicyclic) bond motifs is 1. The molecular weight excluding hydrogens is 366 g/mol. The lowest BCUT2D eigenvalue weighted by Gasteiger charge is -2.36. The van der Waals surface area contributed by atoms with Crippen LogP contribution in [0.5, 0.6) is 0 Å². The molecule has 3 N–H and O–H groups in total. The van der Waals surface area contributed by atoms with E-state index < -0.39 is 6.10 Å². The van der Waals surface area contributed by atoms with Crippen molar-refractivity contribution in [3.05, 3.63) is 47.3 Å². The van der Waals surface area contributed by atoms with E-state index in [1.165, 1.54) is 5.56 Å². The molecule has 0 spiro atoms. The third kappa shape index (κ3) is 4.05. The van der Waals surface area contributed by atoms with Gasteiger partial charge in [-0.2, -0.15) is 0 Å². The van der Waals surface area contributed by atoms with Gasteiger partial charge in [-0.1, -0.05) is 6.07 Å². The number of amides is 1. The van der Waals surface area contributed by atoms with Crippen molar-refractivity contribution >= 4 is 16.9 Å². The number of nitrogens with one attached hydrogen (secondary N) is 2. The van der Waals surface area contributed by atoms with E-state index in [0.29, 0.717) is 12.8 Å². The molecule has 1 aliphatic carbocycles. The predicted molar refractivity (Wildman–Crippen MR) is 112 cm³/mol. The Balaban J connectivity index is 1.37. The minimum absolute atomic E-state index is 0.0434. The number of aliphatic hydroxyl groups excluding tert-OH is 1. The number of hydrogen-bond acceptors (Lipinski definition) is 4. The van der Waals surface area contributed by atoms with E-state index in [2.05, 4.69) is 46.2 Å². The fraction of sp³-hybridized carbons (Fsp3) is 0.500. The summed E-state index contributed by atoms with van der Waals surface area (Å²) < 4.78 is 2.02. The van der Waals surface area contributed by atoms with Crippen LogP contribution >= 0.6 is 0 Å². The quantitative estimate of drug-likeness (QED) is 0.619. The van der Waals surface area contributed by atoms with Crippen LogP contribution < -0.4 is 5.32 Å². The first kappa shape index (κ1) is 19.6. The lowest BCUT2D eigenvalue weighted by atomic mass is 9.87. The molecule has 29 heavy (non-hydrogen) atoms. The Morgan fingerprint density at radius 3 is 2.90 bits per heavy atom. The van der Waals surface area contributed by atoms with Gasteiger partial charge in [-0.25, -0.2) is 9.97 Å². The number of aryl methyl sites for hydroxylation is 4. The van der Waals surface area contributed by atoms with Crippen LogP contribution in [0.1, 0.15) is 54.5 Å². The number of aromatic nitrogens is 4. The standard InChI is InChI=1S/C22H29N5O2/c1-13-11-14(2)21-17(12-13)24-19(26-21)7-8-20(28)25-16-5-4-6-18(22(16)29)27-10-9-23-15(27)3/h9-12,16,18,22,29H,4-8H2,1-3H3,(H,24,26)(H,25,28)/t16-,18-,22-/m1/s1. The van der Waals surface area contributed by atoms with Gasteiger partial charge < -0.3 is 20.0 Å². The first-order valence-corrected chi connectivity index (χ1v) is 10.3. The van der Waals surface area contributed by atoms with Gasteiger partial charge in [0.25, 0.3) is 0 Å². The van der Waals surface area contributed by atoms with Crippen LogP contribution in [-0.2, 0) is 11.2 Å². The van der Waals surface area contributed by atoms with Crippen LogP contribution in [0.3, 0.4) is 0 Å². The summed E-state index contributed by atoms with van der Waals surface area (Å²) in [6, 6.07) is 3.92. The number of imidazole rings is 2. The van der Waals surface area contributed by atoms with Crippen molar-refractivity contribution < 1.29 is 9.90 Å². The van der Waals surface area contributed by atoms with E-state index in [1.807, 2.05) is 17.7 Å². The molecule has 0 radical (unpaired) electrons. The lowest BCUT2D eigenvalue weighted by molar-refractivity contribution is -0.123. The van der Waals surface area contributed by atoms with Crippen LogP contribution in [0.15, 0.2) is 24.5 Å². The summed E-state index contributed by atoms with van der Waals surface area (Å²) in [4.78, 5) is 24.8. The van der Waals surface area contributed by atoms with Gasteiger partial charge in [-0.15, -0.1) is 0 Å². The largest absolute Gasteiger partial charge is 0.389 e. The van der Waals surface area contributed by atoms with Gasteiger partial charge >= 0.3 is 0 Å². The van der Waals surface area contributed by atoms with Crippen molar-refractivity contribution in [1.82, 2.24) is 24.8 Å². The maximum atomic E-state index is 12.5. The van der Waals surface area contributed by atoms with E-state index >= 15 is 0 Å². The van der Waals surface area contributed by atoms with Crippen molar-refractivity contribution in [2.75, 3.05) is 0 Å². The van der Waals surface area contributed by atoms with E-state index in [-0.39, 0.29) is 18.0 Å². The predicted octanol–water partition coefficient (Wildman–Crippen LogP) is 2.89. The molecule has 7 heteroatoms. The first-order valence-electron chi connectivity index (χ1n) is 10.3. The zero-order valence-electron chi connectivity index (χ0n) is 17.3. The molecule has 1 aliphatic rings. The van der Waals surface area contributed by atoms with Gasteiger partial charge in [0.1, 0.15) is 11.6 Å². The molecule has 3 atom stereocenters. The number of hydrogen-bond donors (Lipinski definition) is 3. The van der Waals surface area contributed by atoms with Gasteiger partial charge in [0.15, 0.2) is 0 Å². The molecule has 1 fully saturated rings. The molecule has 0 saturated heterocycles. The molecule has 3 aromatic rings. The number of nitrogens with zero attached hydrogens (tertiary/aromatic N) is 3. The average molecular weight is 396 g/mol. The zero-order chi connectivity index (χ0) is 20.5. The second-order valence-electron chi connectivity index (χ2n) is 8.21. The van der Waals surface area contributed by atoms with E-state index in [4.69, 9.17) is 0 Å². The van der Waals surface area contributed by atoms with Crippen LogP contribution in [-0.4, -0.2) is 42.7 Å². The highest BCUT2D eigenvalue weighted by Gasteiger charge is 2.34. The Labute approximate surface area is 170 Å². The van der Waals surface area contributed by atoms with Crippen LogP contribution in [0, 0.1) is 20.8 Å². The molecule has 0 bridgehead atoms. The SMILES string of the molecule is Cc1cc(C)c2nc(CCC(=O)N[C@@H]3CCC[C@@H](n4ccnc4C)[C@@H]3O)[nH]c2c1. The van der Waals surface area contributed by atoms with Crippen LogP contribution in [0.2, 0.25) is 0 Å². The smallest absolute Gasteiger partial charge is 0.220 e. The number of aromatic amines is 1. The first-order chi connectivity index (χ1) is 13.9. The fourth-order valence-corrected chi connectivity index (χ4v) is 4.51. The molecular formula is C22H29N5O2. The third-order valence-corrected chi connectivity index (χ3v) is 5.95. The molecule has 154 valence electrons. The van der Waals surface area contributed by atoms with Crippen LogP contribution in [0.25, 0.3) is 11.0 Å². The zero-order valence-corrected chi connectivity index (χ0v) is 17.3. The van der Waals surface area contributed by atoms with E-state index in [1.54, 1.807) is 6.20 Å². The lowest BCUT2D eigenvalue weighted by Crippen LogP contribution is -2.49. The number of rotatable bonds is 5. The molecule has 2 aromatic heterocycles. The topological polar surface area (TPSA) is 95.8 Å². The molecule has 4 rings (SSSR count). The minimum atomic E-state index is -0.613.